The van der Waals surface area contributed by atoms with Crippen LogP contribution in [0.2, 0.25) is 0 Å². The molecule has 0 aromatic carbocycles. The van der Waals surface area contributed by atoms with Crippen LogP contribution in [0.25, 0.3) is 0 Å². The van der Waals surface area contributed by atoms with E-state index in [4.69, 9.17) is 24.3 Å². The van der Waals surface area contributed by atoms with Crippen molar-refractivity contribution in [2.24, 2.45) is 5.73 Å². The van der Waals surface area contributed by atoms with Gasteiger partial charge in [-0.1, -0.05) is 329 Å². The van der Waals surface area contributed by atoms with E-state index in [2.05, 4.69) is 123 Å². The first-order valence-electron chi connectivity index (χ1n) is 36.4. The maximum atomic E-state index is 12.8. The molecule has 2 unspecified atom stereocenters. The second kappa shape index (κ2) is 71.7. The van der Waals surface area contributed by atoms with E-state index in [0.29, 0.717) is 6.42 Å². The Morgan fingerprint density at radius 2 is 0.632 bits per heavy atom. The Balaban J connectivity index is 3.82. The van der Waals surface area contributed by atoms with E-state index in [1.807, 2.05) is 0 Å². The Morgan fingerprint density at radius 3 is 0.943 bits per heavy atom. The lowest BCUT2D eigenvalue weighted by Gasteiger charge is -2.19. The lowest BCUT2D eigenvalue weighted by atomic mass is 10.0. The molecule has 502 valence electrons. The Hall–Kier alpha value is -3.33. The summed E-state index contributed by atoms with van der Waals surface area (Å²) in [6, 6.07) is 0. The molecule has 0 radical (unpaired) electrons. The normalized spacial score (nSPS) is 13.6. The molecule has 3 N–H and O–H groups in total. The zero-order valence-electron chi connectivity index (χ0n) is 56.5. The molecule has 0 rings (SSSR count). The SMILES string of the molecule is CC/C=C\C/C=C\C/C=C\C/C=C\C/C=C\C/C=C\CCCCCCCCCCCCCCCCCCCCCCCCC(=O)OC(COC(=O)CCCCCCCCCCCC/C=C\C/C=C\C/C=C\CCCCCCC)COP(=O)(O)OCCN. The number of hydrogen-bond donors (Lipinski definition) is 2. The molecule has 0 fully saturated rings. The average Bonchev–Trinajstić information content (AvgIpc) is 3.65. The van der Waals surface area contributed by atoms with Gasteiger partial charge in [0.2, 0.25) is 0 Å². The highest BCUT2D eigenvalue weighted by Crippen LogP contribution is 2.43. The van der Waals surface area contributed by atoms with Gasteiger partial charge in [-0.25, -0.2) is 4.57 Å². The fourth-order valence-corrected chi connectivity index (χ4v) is 11.1. The van der Waals surface area contributed by atoms with Crippen molar-refractivity contribution in [3.05, 3.63) is 109 Å². The first kappa shape index (κ1) is 83.7. The predicted molar refractivity (Wildman–Crippen MR) is 376 cm³/mol. The second-order valence-electron chi connectivity index (χ2n) is 24.1. The van der Waals surface area contributed by atoms with Gasteiger partial charge in [-0.3, -0.25) is 18.6 Å². The molecular weight excluding hydrogens is 1100 g/mol. The number of rotatable bonds is 68. The van der Waals surface area contributed by atoms with E-state index in [-0.39, 0.29) is 38.6 Å². The molecule has 0 aliphatic rings. The maximum absolute atomic E-state index is 12.8. The van der Waals surface area contributed by atoms with Crippen LogP contribution in [0, 0.1) is 0 Å². The summed E-state index contributed by atoms with van der Waals surface area (Å²) < 4.78 is 33.2. The summed E-state index contributed by atoms with van der Waals surface area (Å²) >= 11 is 0. The number of hydrogen-bond acceptors (Lipinski definition) is 8. The van der Waals surface area contributed by atoms with Crippen molar-refractivity contribution in [1.82, 2.24) is 0 Å². The van der Waals surface area contributed by atoms with Crippen LogP contribution in [-0.2, 0) is 32.7 Å². The lowest BCUT2D eigenvalue weighted by molar-refractivity contribution is -0.161. The van der Waals surface area contributed by atoms with E-state index >= 15 is 0 Å². The number of esters is 2. The summed E-state index contributed by atoms with van der Waals surface area (Å²) in [7, 11) is -4.40. The fourth-order valence-electron chi connectivity index (χ4n) is 10.3. The molecule has 0 amide bonds. The van der Waals surface area contributed by atoms with E-state index in [9.17, 15) is 19.0 Å². The minimum Gasteiger partial charge on any atom is -0.462 e. The first-order chi connectivity index (χ1) is 42.8. The molecule has 0 saturated carbocycles. The molecule has 0 heterocycles. The predicted octanol–water partition coefficient (Wildman–Crippen LogP) is 24.1. The van der Waals surface area contributed by atoms with Crippen LogP contribution in [-0.4, -0.2) is 49.3 Å². The largest absolute Gasteiger partial charge is 0.472 e. The topological polar surface area (TPSA) is 134 Å². The Morgan fingerprint density at radius 1 is 0.356 bits per heavy atom. The summed E-state index contributed by atoms with van der Waals surface area (Å²) in [6.07, 6.45) is 99.1. The van der Waals surface area contributed by atoms with E-state index in [1.165, 1.54) is 212 Å². The third-order valence-corrected chi connectivity index (χ3v) is 16.6. The quantitative estimate of drug-likeness (QED) is 0.0264. The van der Waals surface area contributed by atoms with Crippen molar-refractivity contribution in [1.29, 1.82) is 0 Å². The lowest BCUT2D eigenvalue weighted by Crippen LogP contribution is -2.29. The zero-order chi connectivity index (χ0) is 63.0. The number of phosphoric acid groups is 1. The van der Waals surface area contributed by atoms with Gasteiger partial charge in [0.15, 0.2) is 6.10 Å². The van der Waals surface area contributed by atoms with Gasteiger partial charge in [-0.05, 0) is 103 Å². The second-order valence-corrected chi connectivity index (χ2v) is 25.5. The molecule has 9 nitrogen and oxygen atoms in total. The molecule has 0 saturated heterocycles. The molecule has 0 spiro atoms. The monoisotopic (exact) mass is 1230 g/mol. The van der Waals surface area contributed by atoms with Crippen LogP contribution in [0.15, 0.2) is 109 Å². The summed E-state index contributed by atoms with van der Waals surface area (Å²) in [6.45, 7) is 3.65. The van der Waals surface area contributed by atoms with Crippen molar-refractivity contribution in [2.75, 3.05) is 26.4 Å². The number of nitrogens with two attached hydrogens (primary N) is 1. The van der Waals surface area contributed by atoms with Crippen molar-refractivity contribution in [3.8, 4) is 0 Å². The average molecular weight is 1230 g/mol. The molecule has 0 bridgehead atoms. The maximum Gasteiger partial charge on any atom is 0.472 e. The number of allylic oxidation sites excluding steroid dienone is 18. The highest BCUT2D eigenvalue weighted by molar-refractivity contribution is 7.47. The Kier molecular flexibility index (Phi) is 69.0. The van der Waals surface area contributed by atoms with Gasteiger partial charge in [-0.2, -0.15) is 0 Å². The van der Waals surface area contributed by atoms with Gasteiger partial charge in [-0.15, -0.1) is 0 Å². The van der Waals surface area contributed by atoms with Gasteiger partial charge < -0.3 is 20.1 Å². The number of carbonyl (C=O) groups excluding carboxylic acids is 2. The van der Waals surface area contributed by atoms with Crippen LogP contribution in [0.4, 0.5) is 0 Å². The molecule has 0 aromatic rings. The number of ether oxygens (including phenoxy) is 2. The van der Waals surface area contributed by atoms with E-state index in [1.54, 1.807) is 0 Å². The minimum atomic E-state index is -4.40. The van der Waals surface area contributed by atoms with Gasteiger partial charge in [0, 0.05) is 19.4 Å². The van der Waals surface area contributed by atoms with Gasteiger partial charge in [0.05, 0.1) is 13.2 Å². The third kappa shape index (κ3) is 71.6. The zero-order valence-corrected chi connectivity index (χ0v) is 57.4. The number of unbranched alkanes of at least 4 members (excludes halogenated alkanes) is 37. The fraction of sp³-hybridized carbons (Fsp3) is 0.740. The first-order valence-corrected chi connectivity index (χ1v) is 37.9. The van der Waals surface area contributed by atoms with Crippen LogP contribution in [0.1, 0.15) is 335 Å². The van der Waals surface area contributed by atoms with Crippen molar-refractivity contribution in [3.63, 3.8) is 0 Å². The van der Waals surface area contributed by atoms with Gasteiger partial charge in [0.25, 0.3) is 0 Å². The molecule has 0 aliphatic carbocycles. The third-order valence-electron chi connectivity index (χ3n) is 15.6. The van der Waals surface area contributed by atoms with Crippen molar-refractivity contribution >= 4 is 19.8 Å². The molecule has 10 heteroatoms. The summed E-state index contributed by atoms with van der Waals surface area (Å²) in [5.41, 5.74) is 5.40. The standard InChI is InChI=1S/C77H136NO8P/c1-3-5-7-9-11-13-15-17-19-21-23-25-27-29-30-31-32-33-34-35-36-37-38-39-40-41-42-43-44-46-48-50-52-54-56-58-60-62-64-66-68-70-77(80)86-75(74-85-87(81,82)84-72-71-78)73-83-76(79)69-67-65-63-61-59-57-55-53-51-49-47-45-28-26-24-22-20-18-16-14-12-10-8-6-4-2/h5,7,11,13,16-19,22-25,28-30,32-33,45,75H,3-4,6,8-10,12,14-15,20-21,26-27,31,34-44,46-74,78H2,1-2H3,(H,81,82)/b7-5-,13-11-,18-16-,19-17-,24-22-,25-23-,30-29-,33-32-,45-28-. The van der Waals surface area contributed by atoms with Gasteiger partial charge >= 0.3 is 19.8 Å². The van der Waals surface area contributed by atoms with Crippen LogP contribution < -0.4 is 5.73 Å². The Bertz CT molecular complexity index is 1800. The summed E-state index contributed by atoms with van der Waals surface area (Å²) in [4.78, 5) is 35.4. The molecule has 0 aromatic heterocycles. The van der Waals surface area contributed by atoms with E-state index < -0.39 is 26.5 Å². The molecular formula is C77H136NO8P. The van der Waals surface area contributed by atoms with E-state index in [0.717, 1.165) is 89.9 Å². The van der Waals surface area contributed by atoms with Crippen LogP contribution >= 0.6 is 7.82 Å². The van der Waals surface area contributed by atoms with Crippen molar-refractivity contribution in [2.45, 2.75) is 341 Å². The van der Waals surface area contributed by atoms with Crippen LogP contribution in [0.5, 0.6) is 0 Å². The van der Waals surface area contributed by atoms with Crippen LogP contribution in [0.3, 0.4) is 0 Å². The summed E-state index contributed by atoms with van der Waals surface area (Å²) in [5, 5.41) is 0. The van der Waals surface area contributed by atoms with Crippen molar-refractivity contribution < 1.29 is 37.6 Å². The highest BCUT2D eigenvalue weighted by Gasteiger charge is 2.26. The number of phosphoric ester groups is 1. The molecule has 0 aliphatic heterocycles. The number of carbonyl (C=O) groups is 2. The molecule has 87 heavy (non-hydrogen) atoms. The minimum absolute atomic E-state index is 0.0510. The summed E-state index contributed by atoms with van der Waals surface area (Å²) in [5.74, 6) is -0.821. The van der Waals surface area contributed by atoms with Gasteiger partial charge in [0.1, 0.15) is 6.61 Å². The smallest absolute Gasteiger partial charge is 0.462 e. The highest BCUT2D eigenvalue weighted by atomic mass is 31.2. The Labute approximate surface area is 537 Å². The molecule has 2 atom stereocenters.